The number of rotatable bonds is 3. The van der Waals surface area contributed by atoms with E-state index in [1.807, 2.05) is 0 Å². The summed E-state index contributed by atoms with van der Waals surface area (Å²) in [5.74, 6) is -0.280. The highest BCUT2D eigenvalue weighted by molar-refractivity contribution is 7.92. The van der Waals surface area contributed by atoms with Crippen LogP contribution in [-0.2, 0) is 14.6 Å². The SMILES string of the molecule is O=C(C1CCCC1)N1CC(S(=O)(=O)c2ccc(F)cc2)C1. The Kier molecular flexibility index (Phi) is 3.73. The summed E-state index contributed by atoms with van der Waals surface area (Å²) in [6, 6.07) is 4.86. The Morgan fingerprint density at radius 2 is 1.67 bits per heavy atom. The largest absolute Gasteiger partial charge is 0.340 e. The van der Waals surface area contributed by atoms with Gasteiger partial charge in [0.05, 0.1) is 4.90 Å². The number of sulfone groups is 1. The Bertz CT molecular complexity index is 629. The number of halogens is 1. The molecule has 0 aromatic heterocycles. The fraction of sp³-hybridized carbons (Fsp3) is 0.533. The van der Waals surface area contributed by atoms with Gasteiger partial charge in [-0.05, 0) is 37.1 Å². The van der Waals surface area contributed by atoms with Gasteiger partial charge in [0.25, 0.3) is 0 Å². The molecule has 2 aliphatic rings. The fourth-order valence-electron chi connectivity index (χ4n) is 3.06. The van der Waals surface area contributed by atoms with Gasteiger partial charge in [-0.3, -0.25) is 4.79 Å². The number of nitrogens with zero attached hydrogens (tertiary/aromatic N) is 1. The summed E-state index contributed by atoms with van der Waals surface area (Å²) >= 11 is 0. The molecular formula is C15H18FNO3S. The Balaban J connectivity index is 1.65. The van der Waals surface area contributed by atoms with E-state index < -0.39 is 20.9 Å². The van der Waals surface area contributed by atoms with Gasteiger partial charge in [-0.15, -0.1) is 0 Å². The third-order valence-corrected chi connectivity index (χ3v) is 6.55. The Morgan fingerprint density at radius 1 is 1.10 bits per heavy atom. The van der Waals surface area contributed by atoms with Crippen molar-refractivity contribution in [1.82, 2.24) is 4.90 Å². The van der Waals surface area contributed by atoms with E-state index in [4.69, 9.17) is 0 Å². The molecule has 1 aliphatic carbocycles. The van der Waals surface area contributed by atoms with Crippen LogP contribution < -0.4 is 0 Å². The monoisotopic (exact) mass is 311 g/mol. The molecule has 2 fully saturated rings. The average Bonchev–Trinajstić information content (AvgIpc) is 2.90. The molecule has 114 valence electrons. The zero-order valence-corrected chi connectivity index (χ0v) is 12.5. The first kappa shape index (κ1) is 14.5. The summed E-state index contributed by atoms with van der Waals surface area (Å²) in [5.41, 5.74) is 0. The lowest BCUT2D eigenvalue weighted by molar-refractivity contribution is -0.138. The maximum atomic E-state index is 12.9. The molecule has 1 saturated carbocycles. The van der Waals surface area contributed by atoms with E-state index in [0.717, 1.165) is 37.8 Å². The fourth-order valence-corrected chi connectivity index (χ4v) is 4.71. The van der Waals surface area contributed by atoms with Crippen molar-refractivity contribution in [2.75, 3.05) is 13.1 Å². The summed E-state index contributed by atoms with van der Waals surface area (Å²) in [7, 11) is -3.47. The second-order valence-corrected chi connectivity index (χ2v) is 8.07. The van der Waals surface area contributed by atoms with Gasteiger partial charge in [0.15, 0.2) is 9.84 Å². The van der Waals surface area contributed by atoms with E-state index in [9.17, 15) is 17.6 Å². The van der Waals surface area contributed by atoms with E-state index in [2.05, 4.69) is 0 Å². The first-order valence-electron chi connectivity index (χ1n) is 7.27. The lowest BCUT2D eigenvalue weighted by Crippen LogP contribution is -2.58. The molecule has 3 rings (SSSR count). The number of hydrogen-bond acceptors (Lipinski definition) is 3. The number of benzene rings is 1. The van der Waals surface area contributed by atoms with Gasteiger partial charge in [-0.1, -0.05) is 12.8 Å². The van der Waals surface area contributed by atoms with Crippen LogP contribution in [0.15, 0.2) is 29.2 Å². The van der Waals surface area contributed by atoms with E-state index in [-0.39, 0.29) is 29.8 Å². The van der Waals surface area contributed by atoms with Gasteiger partial charge in [0, 0.05) is 19.0 Å². The van der Waals surface area contributed by atoms with Gasteiger partial charge in [0.1, 0.15) is 11.1 Å². The molecule has 0 N–H and O–H groups in total. The maximum Gasteiger partial charge on any atom is 0.225 e. The summed E-state index contributed by atoms with van der Waals surface area (Å²) in [6.07, 6.45) is 4.01. The lowest BCUT2D eigenvalue weighted by Gasteiger charge is -2.40. The zero-order valence-electron chi connectivity index (χ0n) is 11.7. The van der Waals surface area contributed by atoms with Crippen molar-refractivity contribution in [2.24, 2.45) is 5.92 Å². The summed E-state index contributed by atoms with van der Waals surface area (Å²) in [6.45, 7) is 0.518. The summed E-state index contributed by atoms with van der Waals surface area (Å²) < 4.78 is 37.6. The van der Waals surface area contributed by atoms with Crippen LogP contribution in [0.4, 0.5) is 4.39 Å². The minimum atomic E-state index is -3.47. The predicted octanol–water partition coefficient (Wildman–Crippen LogP) is 2.00. The van der Waals surface area contributed by atoms with Crippen molar-refractivity contribution >= 4 is 15.7 Å². The van der Waals surface area contributed by atoms with Crippen LogP contribution in [0.5, 0.6) is 0 Å². The number of amides is 1. The minimum absolute atomic E-state index is 0.0828. The molecule has 1 aromatic carbocycles. The van der Waals surface area contributed by atoms with Gasteiger partial charge >= 0.3 is 0 Å². The number of likely N-dealkylation sites (tertiary alicyclic amines) is 1. The van der Waals surface area contributed by atoms with E-state index in [1.165, 1.54) is 12.1 Å². The molecule has 21 heavy (non-hydrogen) atoms. The van der Waals surface area contributed by atoms with Crippen LogP contribution >= 0.6 is 0 Å². The highest BCUT2D eigenvalue weighted by atomic mass is 32.2. The van der Waals surface area contributed by atoms with Crippen LogP contribution in [0.2, 0.25) is 0 Å². The molecule has 0 unspecified atom stereocenters. The van der Waals surface area contributed by atoms with Gasteiger partial charge in [-0.25, -0.2) is 12.8 Å². The molecule has 1 aromatic rings. The van der Waals surface area contributed by atoms with Crippen LogP contribution in [0.25, 0.3) is 0 Å². The molecule has 0 spiro atoms. The topological polar surface area (TPSA) is 54.5 Å². The van der Waals surface area contributed by atoms with Crippen LogP contribution in [0, 0.1) is 11.7 Å². The third kappa shape index (κ3) is 2.69. The first-order chi connectivity index (χ1) is 9.98. The van der Waals surface area contributed by atoms with Crippen molar-refractivity contribution in [1.29, 1.82) is 0 Å². The molecule has 4 nitrogen and oxygen atoms in total. The maximum absolute atomic E-state index is 12.9. The molecule has 1 amide bonds. The normalized spacial score (nSPS) is 20.5. The molecule has 1 saturated heterocycles. The van der Waals surface area contributed by atoms with Crippen LogP contribution in [0.1, 0.15) is 25.7 Å². The van der Waals surface area contributed by atoms with Gasteiger partial charge < -0.3 is 4.90 Å². The molecule has 6 heteroatoms. The number of carbonyl (C=O) groups excluding carboxylic acids is 1. The third-order valence-electron chi connectivity index (χ3n) is 4.45. The molecule has 1 aliphatic heterocycles. The molecular weight excluding hydrogens is 293 g/mol. The van der Waals surface area contributed by atoms with E-state index in [1.54, 1.807) is 4.90 Å². The summed E-state index contributed by atoms with van der Waals surface area (Å²) in [4.78, 5) is 13.9. The highest BCUT2D eigenvalue weighted by Crippen LogP contribution is 2.30. The van der Waals surface area contributed by atoms with E-state index >= 15 is 0 Å². The molecule has 0 bridgehead atoms. The van der Waals surface area contributed by atoms with Crippen LogP contribution in [-0.4, -0.2) is 37.6 Å². The zero-order chi connectivity index (χ0) is 15.0. The number of hydrogen-bond donors (Lipinski definition) is 0. The van der Waals surface area contributed by atoms with Crippen molar-refractivity contribution in [3.05, 3.63) is 30.1 Å². The van der Waals surface area contributed by atoms with E-state index in [0.29, 0.717) is 0 Å². The average molecular weight is 311 g/mol. The van der Waals surface area contributed by atoms with Crippen LogP contribution in [0.3, 0.4) is 0 Å². The second kappa shape index (κ2) is 5.40. The molecule has 1 heterocycles. The van der Waals surface area contributed by atoms with Crippen molar-refractivity contribution in [3.8, 4) is 0 Å². The quantitative estimate of drug-likeness (QED) is 0.802. The predicted molar refractivity (Wildman–Crippen MR) is 75.9 cm³/mol. The van der Waals surface area contributed by atoms with Crippen molar-refractivity contribution in [2.45, 2.75) is 35.8 Å². The molecule has 0 radical (unpaired) electrons. The van der Waals surface area contributed by atoms with Gasteiger partial charge in [0.2, 0.25) is 5.91 Å². The standard InChI is InChI=1S/C15H18FNO3S/c16-12-5-7-13(8-6-12)21(19,20)14-9-17(10-14)15(18)11-3-1-2-4-11/h5-8,11,14H,1-4,9-10H2. The summed E-state index contributed by atoms with van der Waals surface area (Å²) in [5, 5.41) is -0.562. The van der Waals surface area contributed by atoms with Gasteiger partial charge in [-0.2, -0.15) is 0 Å². The Labute approximate surface area is 123 Å². The first-order valence-corrected chi connectivity index (χ1v) is 8.81. The number of carbonyl (C=O) groups is 1. The second-order valence-electron chi connectivity index (χ2n) is 5.85. The highest BCUT2D eigenvalue weighted by Gasteiger charge is 2.42. The Hall–Kier alpha value is -1.43. The molecule has 0 atom stereocenters. The Morgan fingerprint density at radius 3 is 2.24 bits per heavy atom. The van der Waals surface area contributed by atoms with Crippen molar-refractivity contribution in [3.63, 3.8) is 0 Å². The smallest absolute Gasteiger partial charge is 0.225 e. The van der Waals surface area contributed by atoms with Crippen molar-refractivity contribution < 1.29 is 17.6 Å². The minimum Gasteiger partial charge on any atom is -0.340 e. The lowest BCUT2D eigenvalue weighted by atomic mass is 10.0.